The number of furan rings is 1. The molecule has 2 heteroatoms. The highest BCUT2D eigenvalue weighted by atomic mass is 16.3. The van der Waals surface area contributed by atoms with Gasteiger partial charge in [-0.3, -0.25) is 0 Å². The molecule has 0 saturated carbocycles. The number of rotatable bonds is 6. The zero-order valence-electron chi connectivity index (χ0n) is 35.4. The lowest BCUT2D eigenvalue weighted by Gasteiger charge is -2.31. The summed E-state index contributed by atoms with van der Waals surface area (Å²) in [6.07, 6.45) is 0. The van der Waals surface area contributed by atoms with Gasteiger partial charge in [-0.1, -0.05) is 179 Å². The van der Waals surface area contributed by atoms with Crippen molar-refractivity contribution in [3.05, 3.63) is 222 Å². The van der Waals surface area contributed by atoms with Gasteiger partial charge >= 0.3 is 0 Å². The van der Waals surface area contributed by atoms with E-state index in [1.54, 1.807) is 0 Å². The maximum Gasteiger partial charge on any atom is 0.135 e. The molecule has 0 radical (unpaired) electrons. The van der Waals surface area contributed by atoms with Crippen molar-refractivity contribution in [2.45, 2.75) is 38.5 Å². The predicted octanol–water partition coefficient (Wildman–Crippen LogP) is 16.7. The van der Waals surface area contributed by atoms with E-state index in [1.165, 1.54) is 66.8 Å². The second-order valence-corrected chi connectivity index (χ2v) is 18.1. The molecule has 9 aromatic carbocycles. The van der Waals surface area contributed by atoms with Crippen LogP contribution in [0.2, 0.25) is 0 Å². The van der Waals surface area contributed by atoms with Gasteiger partial charge in [0.15, 0.2) is 0 Å². The third-order valence-electron chi connectivity index (χ3n) is 13.9. The summed E-state index contributed by atoms with van der Waals surface area (Å²) in [5.41, 5.74) is 22.8. The van der Waals surface area contributed by atoms with Crippen molar-refractivity contribution < 1.29 is 4.42 Å². The van der Waals surface area contributed by atoms with E-state index in [0.29, 0.717) is 0 Å². The van der Waals surface area contributed by atoms with Crippen molar-refractivity contribution >= 4 is 39.0 Å². The fourth-order valence-corrected chi connectivity index (χ4v) is 10.8. The zero-order valence-corrected chi connectivity index (χ0v) is 35.4. The normalized spacial score (nSPS) is 14.1. The van der Waals surface area contributed by atoms with Crippen molar-refractivity contribution in [1.82, 2.24) is 0 Å². The molecule has 0 spiro atoms. The van der Waals surface area contributed by atoms with E-state index in [0.717, 1.165) is 50.1 Å². The predicted molar refractivity (Wildman–Crippen MR) is 260 cm³/mol. The summed E-state index contributed by atoms with van der Waals surface area (Å²) >= 11 is 0. The van der Waals surface area contributed by atoms with E-state index >= 15 is 0 Å². The van der Waals surface area contributed by atoms with Gasteiger partial charge in [0.05, 0.1) is 11.4 Å². The number of benzene rings is 9. The largest absolute Gasteiger partial charge is 0.456 e. The summed E-state index contributed by atoms with van der Waals surface area (Å²) in [5, 5.41) is 2.25. The molecule has 2 aliphatic rings. The number of anilines is 3. The molecular weight excluding hydrogens is 751 g/mol. The zero-order chi connectivity index (χ0) is 41.7. The van der Waals surface area contributed by atoms with Crippen LogP contribution in [0.15, 0.2) is 205 Å². The molecule has 2 nitrogen and oxygen atoms in total. The van der Waals surface area contributed by atoms with Crippen LogP contribution < -0.4 is 4.90 Å². The lowest BCUT2D eigenvalue weighted by Crippen LogP contribution is -2.15. The second-order valence-electron chi connectivity index (χ2n) is 18.1. The molecule has 2 aliphatic carbocycles. The summed E-state index contributed by atoms with van der Waals surface area (Å²) in [6, 6.07) is 73.8. The van der Waals surface area contributed by atoms with Crippen molar-refractivity contribution in [2.24, 2.45) is 0 Å². The van der Waals surface area contributed by atoms with Crippen LogP contribution in [-0.4, -0.2) is 0 Å². The fourth-order valence-electron chi connectivity index (χ4n) is 10.8. The first-order chi connectivity index (χ1) is 30.3. The van der Waals surface area contributed by atoms with Gasteiger partial charge in [-0.2, -0.15) is 0 Å². The minimum absolute atomic E-state index is 0.0652. The molecule has 0 saturated heterocycles. The number of fused-ring (bicyclic) bond motifs is 9. The number of nitrogens with zero attached hydrogens (tertiary/aromatic N) is 1. The molecule has 0 fully saturated rings. The summed E-state index contributed by atoms with van der Waals surface area (Å²) in [5.74, 6) is 0. The highest BCUT2D eigenvalue weighted by Crippen LogP contribution is 2.55. The van der Waals surface area contributed by atoms with E-state index in [1.807, 2.05) is 12.1 Å². The van der Waals surface area contributed by atoms with E-state index in [4.69, 9.17) is 4.42 Å². The molecular formula is C60H45NO. The maximum absolute atomic E-state index is 6.25. The Hall–Kier alpha value is -7.42. The molecule has 10 aromatic rings. The second kappa shape index (κ2) is 13.5. The Kier molecular flexibility index (Phi) is 7.96. The van der Waals surface area contributed by atoms with Gasteiger partial charge in [0.25, 0.3) is 0 Å². The Morgan fingerprint density at radius 1 is 0.339 bits per heavy atom. The molecule has 0 atom stereocenters. The Labute approximate surface area is 363 Å². The Morgan fingerprint density at radius 3 is 1.71 bits per heavy atom. The van der Waals surface area contributed by atoms with Crippen LogP contribution in [0.25, 0.3) is 77.6 Å². The van der Waals surface area contributed by atoms with Crippen molar-refractivity contribution in [3.8, 4) is 55.6 Å². The quantitative estimate of drug-likeness (QED) is 0.167. The Morgan fingerprint density at radius 2 is 0.887 bits per heavy atom. The average molecular weight is 796 g/mol. The molecule has 12 rings (SSSR count). The van der Waals surface area contributed by atoms with Crippen LogP contribution >= 0.6 is 0 Å². The summed E-state index contributed by atoms with van der Waals surface area (Å²) in [4.78, 5) is 2.50. The number of para-hydroxylation sites is 3. The lowest BCUT2D eigenvalue weighted by atomic mass is 9.82. The first kappa shape index (κ1) is 36.4. The highest BCUT2D eigenvalue weighted by Gasteiger charge is 2.38. The van der Waals surface area contributed by atoms with Crippen molar-refractivity contribution in [3.63, 3.8) is 0 Å². The smallest absolute Gasteiger partial charge is 0.135 e. The van der Waals surface area contributed by atoms with Gasteiger partial charge < -0.3 is 9.32 Å². The molecule has 0 N–H and O–H groups in total. The summed E-state index contributed by atoms with van der Waals surface area (Å²) in [6.45, 7) is 9.43. The van der Waals surface area contributed by atoms with Gasteiger partial charge in [0, 0.05) is 38.4 Å². The standard InChI is InChI=1S/C60H45NO/c1-59(2)50-25-10-5-20-43(50)48-37-40(31-33-52(48)59)42-19-7-12-28-54(42)61(41-18-15-17-38(35-41)39-32-34-57-49(36-39)45-22-9-14-30-56(45)62-57)55-29-13-8-21-44(55)46-24-16-27-53-58(46)47-23-6-11-26-51(47)60(53,3)4/h5-37H,1-4H3. The highest BCUT2D eigenvalue weighted by molar-refractivity contribution is 6.06. The van der Waals surface area contributed by atoms with Crippen molar-refractivity contribution in [1.29, 1.82) is 0 Å². The van der Waals surface area contributed by atoms with E-state index in [9.17, 15) is 0 Å². The van der Waals surface area contributed by atoms with Crippen LogP contribution in [-0.2, 0) is 10.8 Å². The average Bonchev–Trinajstić information content (AvgIpc) is 3.89. The molecule has 0 aliphatic heterocycles. The van der Waals surface area contributed by atoms with Crippen LogP contribution in [0, 0.1) is 0 Å². The topological polar surface area (TPSA) is 16.4 Å². The van der Waals surface area contributed by atoms with E-state index in [2.05, 4.69) is 221 Å². The maximum atomic E-state index is 6.25. The Balaban J connectivity index is 1.09. The summed E-state index contributed by atoms with van der Waals surface area (Å²) in [7, 11) is 0. The van der Waals surface area contributed by atoms with Crippen LogP contribution in [0.3, 0.4) is 0 Å². The monoisotopic (exact) mass is 795 g/mol. The van der Waals surface area contributed by atoms with Gasteiger partial charge in [-0.15, -0.1) is 0 Å². The SMILES string of the molecule is CC1(C)c2ccccc2-c2cc(-c3ccccc3N(c3cccc(-c4ccc5oc6ccccc6c5c4)c3)c3ccccc3-c3cccc4c3-c3ccccc3C4(C)C)ccc21. The van der Waals surface area contributed by atoms with Crippen LogP contribution in [0.5, 0.6) is 0 Å². The molecule has 0 bridgehead atoms. The third-order valence-corrected chi connectivity index (χ3v) is 13.9. The minimum atomic E-state index is -0.111. The molecule has 1 aromatic heterocycles. The van der Waals surface area contributed by atoms with Gasteiger partial charge in [0.2, 0.25) is 0 Å². The number of hydrogen-bond donors (Lipinski definition) is 0. The van der Waals surface area contributed by atoms with Gasteiger partial charge in [-0.25, -0.2) is 0 Å². The first-order valence-corrected chi connectivity index (χ1v) is 21.8. The van der Waals surface area contributed by atoms with E-state index < -0.39 is 0 Å². The van der Waals surface area contributed by atoms with Crippen molar-refractivity contribution in [2.75, 3.05) is 4.90 Å². The molecule has 62 heavy (non-hydrogen) atoms. The molecule has 296 valence electrons. The molecule has 0 unspecified atom stereocenters. The van der Waals surface area contributed by atoms with E-state index in [-0.39, 0.29) is 10.8 Å². The fraction of sp³-hybridized carbons (Fsp3) is 0.100. The molecule has 1 heterocycles. The van der Waals surface area contributed by atoms with Crippen LogP contribution in [0.1, 0.15) is 49.9 Å². The number of hydrogen-bond acceptors (Lipinski definition) is 2. The minimum Gasteiger partial charge on any atom is -0.456 e. The summed E-state index contributed by atoms with van der Waals surface area (Å²) < 4.78 is 6.25. The van der Waals surface area contributed by atoms with Gasteiger partial charge in [-0.05, 0) is 115 Å². The third kappa shape index (κ3) is 5.36. The van der Waals surface area contributed by atoms with Gasteiger partial charge in [0.1, 0.15) is 11.2 Å². The van der Waals surface area contributed by atoms with Crippen LogP contribution in [0.4, 0.5) is 17.1 Å². The lowest BCUT2D eigenvalue weighted by molar-refractivity contribution is 0.660. The Bertz CT molecular complexity index is 3430. The molecule has 0 amide bonds. The first-order valence-electron chi connectivity index (χ1n) is 21.8.